The lowest BCUT2D eigenvalue weighted by molar-refractivity contribution is 0.364. The molecule has 0 spiro atoms. The summed E-state index contributed by atoms with van der Waals surface area (Å²) in [5, 5.41) is 0. The van der Waals surface area contributed by atoms with Crippen LogP contribution in [0.4, 0.5) is 0 Å². The summed E-state index contributed by atoms with van der Waals surface area (Å²) in [5.74, 6) is 0. The molecule has 0 fully saturated rings. The van der Waals surface area contributed by atoms with Gasteiger partial charge in [0.1, 0.15) is 0 Å². The summed E-state index contributed by atoms with van der Waals surface area (Å²) in [7, 11) is -3.99. The van der Waals surface area contributed by atoms with E-state index in [-0.39, 0.29) is 0 Å². The van der Waals surface area contributed by atoms with Gasteiger partial charge in [-0.25, -0.2) is 0 Å². The van der Waals surface area contributed by atoms with Gasteiger partial charge in [0, 0.05) is 0 Å². The first kappa shape index (κ1) is 14.5. The van der Waals surface area contributed by atoms with Gasteiger partial charge in [-0.15, -0.1) is 0 Å². The number of hydrogen-bond acceptors (Lipinski definition) is 3. The van der Waals surface area contributed by atoms with Crippen LogP contribution < -0.4 is 0 Å². The average molecular weight is 238 g/mol. The lowest BCUT2D eigenvalue weighted by atomic mass is 10.6. The Morgan fingerprint density at radius 2 is 1.29 bits per heavy atom. The Balaban J connectivity index is 4.37. The van der Waals surface area contributed by atoms with E-state index in [0.29, 0.717) is 0 Å². The van der Waals surface area contributed by atoms with E-state index in [0.717, 1.165) is 37.4 Å². The summed E-state index contributed by atoms with van der Waals surface area (Å²) in [6.07, 6.45) is 3.24. The van der Waals surface area contributed by atoms with Gasteiger partial charge in [0.2, 0.25) is 8.32 Å². The predicted octanol–water partition coefficient (Wildman–Crippen LogP) is 3.39. The van der Waals surface area contributed by atoms with Crippen molar-refractivity contribution >= 4 is 16.9 Å². The van der Waals surface area contributed by atoms with Gasteiger partial charge in [-0.2, -0.15) is 0 Å². The Morgan fingerprint density at radius 3 is 1.50 bits per heavy atom. The minimum Gasteiger partial charge on any atom is -0.354 e. The van der Waals surface area contributed by atoms with Crippen LogP contribution in [0.1, 0.15) is 40.0 Å². The molecular weight excluding hydrogens is 215 g/mol. The zero-order valence-corrected chi connectivity index (χ0v) is 11.4. The van der Waals surface area contributed by atoms with Gasteiger partial charge in [0.15, 0.2) is 0 Å². The molecule has 0 saturated heterocycles. The molecule has 0 aliphatic heterocycles. The molecule has 2 N–H and O–H groups in total. The van der Waals surface area contributed by atoms with Crippen molar-refractivity contribution in [2.45, 2.75) is 58.2 Å². The summed E-state index contributed by atoms with van der Waals surface area (Å²) in [4.78, 5) is 18.0. The number of hydrogen-bond donors (Lipinski definition) is 2. The largest absolute Gasteiger partial charge is 0.354 e. The minimum absolute atomic E-state index is 1.05. The molecular formula is C9H23O3PSi. The molecule has 0 amide bonds. The molecule has 86 valence electrons. The molecule has 0 aromatic rings. The molecule has 0 radical (unpaired) electrons. The normalized spacial score (nSPS) is 12.4. The highest BCUT2D eigenvalue weighted by Gasteiger charge is 2.34. The van der Waals surface area contributed by atoms with E-state index in [1.807, 2.05) is 0 Å². The molecule has 14 heavy (non-hydrogen) atoms. The summed E-state index contributed by atoms with van der Waals surface area (Å²) in [5.41, 5.74) is 0. The SMILES string of the molecule is CCC[Si](CCC)(CCC)OP(O)O. The molecule has 0 aromatic carbocycles. The minimum atomic E-state index is -2.16. The topological polar surface area (TPSA) is 49.7 Å². The van der Waals surface area contributed by atoms with Crippen molar-refractivity contribution in [1.29, 1.82) is 0 Å². The van der Waals surface area contributed by atoms with Gasteiger partial charge in [0.25, 0.3) is 0 Å². The average Bonchev–Trinajstić information content (AvgIpc) is 2.03. The fraction of sp³-hybridized carbons (Fsp3) is 1.00. The Bertz CT molecular complexity index is 127. The third-order valence-corrected chi connectivity index (χ3v) is 8.83. The lowest BCUT2D eigenvalue weighted by Gasteiger charge is -2.30. The summed E-state index contributed by atoms with van der Waals surface area (Å²) < 4.78 is 5.47. The second kappa shape index (κ2) is 7.77. The van der Waals surface area contributed by atoms with Gasteiger partial charge in [-0.3, -0.25) is 0 Å². The fourth-order valence-electron chi connectivity index (χ4n) is 2.05. The summed E-state index contributed by atoms with van der Waals surface area (Å²) in [6, 6.07) is 3.15. The lowest BCUT2D eigenvalue weighted by Crippen LogP contribution is -2.35. The fourth-order valence-corrected chi connectivity index (χ4v) is 8.02. The van der Waals surface area contributed by atoms with Crippen LogP contribution in [-0.2, 0) is 4.21 Å². The van der Waals surface area contributed by atoms with E-state index in [1.165, 1.54) is 0 Å². The Hall–Kier alpha value is 0.527. The van der Waals surface area contributed by atoms with E-state index in [2.05, 4.69) is 20.8 Å². The van der Waals surface area contributed by atoms with Crippen molar-refractivity contribution in [3.8, 4) is 0 Å². The molecule has 0 atom stereocenters. The molecule has 0 saturated carbocycles. The second-order valence-electron chi connectivity index (χ2n) is 3.78. The van der Waals surface area contributed by atoms with Crippen LogP contribution in [0.5, 0.6) is 0 Å². The highest BCUT2D eigenvalue weighted by molar-refractivity contribution is 7.41. The van der Waals surface area contributed by atoms with Crippen LogP contribution in [0.15, 0.2) is 0 Å². The van der Waals surface area contributed by atoms with Crippen molar-refractivity contribution in [2.75, 3.05) is 0 Å². The van der Waals surface area contributed by atoms with Crippen molar-refractivity contribution in [1.82, 2.24) is 0 Å². The van der Waals surface area contributed by atoms with Crippen molar-refractivity contribution in [2.24, 2.45) is 0 Å². The molecule has 3 nitrogen and oxygen atoms in total. The van der Waals surface area contributed by atoms with E-state index in [9.17, 15) is 0 Å². The van der Waals surface area contributed by atoms with Crippen molar-refractivity contribution in [3.05, 3.63) is 0 Å². The smallest absolute Gasteiger partial charge is 0.316 e. The van der Waals surface area contributed by atoms with Crippen LogP contribution in [0, 0.1) is 0 Å². The van der Waals surface area contributed by atoms with Crippen molar-refractivity contribution in [3.63, 3.8) is 0 Å². The van der Waals surface area contributed by atoms with Gasteiger partial charge in [0.05, 0.1) is 0 Å². The number of rotatable bonds is 8. The predicted molar refractivity (Wildman–Crippen MR) is 63.5 cm³/mol. The Labute approximate surface area is 89.6 Å². The van der Waals surface area contributed by atoms with Crippen LogP contribution in [0.2, 0.25) is 18.1 Å². The quantitative estimate of drug-likeness (QED) is 0.503. The van der Waals surface area contributed by atoms with E-state index in [1.54, 1.807) is 0 Å². The van der Waals surface area contributed by atoms with Gasteiger partial charge >= 0.3 is 8.60 Å². The third kappa shape index (κ3) is 5.42. The van der Waals surface area contributed by atoms with Gasteiger partial charge in [-0.1, -0.05) is 40.0 Å². The molecule has 0 aromatic heterocycles. The van der Waals surface area contributed by atoms with E-state index >= 15 is 0 Å². The Morgan fingerprint density at radius 1 is 0.929 bits per heavy atom. The Kier molecular flexibility index (Phi) is 8.06. The zero-order valence-electron chi connectivity index (χ0n) is 9.49. The van der Waals surface area contributed by atoms with Crippen LogP contribution in [0.3, 0.4) is 0 Å². The molecule has 0 aliphatic rings. The van der Waals surface area contributed by atoms with Crippen molar-refractivity contribution < 1.29 is 14.0 Å². The monoisotopic (exact) mass is 238 g/mol. The maximum atomic E-state index is 9.00. The first-order valence-corrected chi connectivity index (χ1v) is 9.16. The zero-order chi connectivity index (χ0) is 11.0. The third-order valence-electron chi connectivity index (χ3n) is 2.39. The summed E-state index contributed by atoms with van der Waals surface area (Å²) >= 11 is 0. The van der Waals surface area contributed by atoms with E-state index < -0.39 is 16.9 Å². The molecule has 5 heteroatoms. The molecule has 0 aliphatic carbocycles. The molecule has 0 unspecified atom stereocenters. The van der Waals surface area contributed by atoms with Crippen LogP contribution in [0.25, 0.3) is 0 Å². The van der Waals surface area contributed by atoms with Crippen LogP contribution >= 0.6 is 8.60 Å². The van der Waals surface area contributed by atoms with Crippen LogP contribution in [-0.4, -0.2) is 18.1 Å². The first-order valence-electron chi connectivity index (χ1n) is 5.47. The standard InChI is InChI=1S/C9H23O3PSi/c1-4-7-14(8-5-2,9-6-3)12-13(10)11/h10-11H,4-9H2,1-3H3. The molecule has 0 heterocycles. The summed E-state index contributed by atoms with van der Waals surface area (Å²) in [6.45, 7) is 6.40. The first-order chi connectivity index (χ1) is 6.60. The maximum absolute atomic E-state index is 9.00. The highest BCUT2D eigenvalue weighted by Crippen LogP contribution is 2.38. The molecule has 0 rings (SSSR count). The van der Waals surface area contributed by atoms with E-state index in [4.69, 9.17) is 14.0 Å². The molecule has 0 bridgehead atoms. The second-order valence-corrected chi connectivity index (χ2v) is 8.88. The van der Waals surface area contributed by atoms with Gasteiger partial charge in [-0.05, 0) is 18.1 Å². The maximum Gasteiger partial charge on any atom is 0.316 e. The highest BCUT2D eigenvalue weighted by atomic mass is 31.2. The van der Waals surface area contributed by atoms with Gasteiger partial charge < -0.3 is 14.0 Å².